The molecule has 0 heterocycles. The minimum absolute atomic E-state index is 0.806. The summed E-state index contributed by atoms with van der Waals surface area (Å²) in [6.45, 7) is 3.84. The number of halogens is 1. The van der Waals surface area contributed by atoms with Gasteiger partial charge in [0.1, 0.15) is 0 Å². The third-order valence-electron chi connectivity index (χ3n) is 1.69. The van der Waals surface area contributed by atoms with Crippen LogP contribution < -0.4 is 0 Å². The van der Waals surface area contributed by atoms with E-state index in [1.54, 1.807) is 7.05 Å². The second-order valence-electron chi connectivity index (χ2n) is 2.71. The fraction of sp³-hybridized carbons (Fsp3) is 0.200. The van der Waals surface area contributed by atoms with E-state index >= 15 is 0 Å². The van der Waals surface area contributed by atoms with Crippen molar-refractivity contribution in [2.75, 3.05) is 7.05 Å². The molecule has 0 atom stereocenters. The molecule has 1 rings (SSSR count). The van der Waals surface area contributed by atoms with E-state index in [1.807, 2.05) is 18.2 Å². The van der Waals surface area contributed by atoms with Crippen LogP contribution in [0.15, 0.2) is 42.6 Å². The average Bonchev–Trinajstić information content (AvgIpc) is 2.06. The van der Waals surface area contributed by atoms with Crippen molar-refractivity contribution in [1.82, 2.24) is 4.42 Å². The molecule has 0 aliphatic carbocycles. The van der Waals surface area contributed by atoms with Crippen LogP contribution in [0.25, 0.3) is 0 Å². The van der Waals surface area contributed by atoms with Gasteiger partial charge >= 0.3 is 0 Å². The molecule has 64 valence electrons. The molecule has 0 aliphatic rings. The molecule has 0 spiro atoms. The Labute approximate surface area is 78.4 Å². The number of likely N-dealkylation sites (N-methyl/N-ethyl adjacent to an activating group) is 1. The Kier molecular flexibility index (Phi) is 3.18. The van der Waals surface area contributed by atoms with Crippen LogP contribution >= 0.6 is 11.8 Å². The molecule has 0 unspecified atom stereocenters. The van der Waals surface area contributed by atoms with E-state index in [0.717, 1.165) is 12.1 Å². The average molecular weight is 182 g/mol. The van der Waals surface area contributed by atoms with Crippen LogP contribution in [0.1, 0.15) is 5.56 Å². The van der Waals surface area contributed by atoms with E-state index in [2.05, 4.69) is 18.7 Å². The summed E-state index contributed by atoms with van der Waals surface area (Å²) in [5, 5.41) is 0. The number of rotatable bonds is 3. The summed E-state index contributed by atoms with van der Waals surface area (Å²) in [5.41, 5.74) is 2.14. The molecule has 0 amide bonds. The Bertz CT molecular complexity index is 254. The monoisotopic (exact) mass is 181 g/mol. The van der Waals surface area contributed by atoms with Gasteiger partial charge < -0.3 is 0 Å². The van der Waals surface area contributed by atoms with Crippen molar-refractivity contribution >= 4 is 11.8 Å². The van der Waals surface area contributed by atoms with Crippen LogP contribution in [0.5, 0.6) is 0 Å². The maximum atomic E-state index is 5.71. The molecular weight excluding hydrogens is 170 g/mol. The molecule has 1 nitrogen and oxygen atoms in total. The largest absolute Gasteiger partial charge is 0.293 e. The number of allylic oxidation sites excluding steroid dienone is 1. The van der Waals surface area contributed by atoms with Gasteiger partial charge in [-0.25, -0.2) is 0 Å². The second-order valence-corrected chi connectivity index (χ2v) is 3.21. The van der Waals surface area contributed by atoms with Gasteiger partial charge in [0.2, 0.25) is 0 Å². The number of benzene rings is 1. The molecule has 12 heavy (non-hydrogen) atoms. The van der Waals surface area contributed by atoms with Gasteiger partial charge in [0.25, 0.3) is 0 Å². The predicted molar refractivity (Wildman–Crippen MR) is 52.9 cm³/mol. The van der Waals surface area contributed by atoms with Crippen molar-refractivity contribution in [3.05, 3.63) is 48.2 Å². The van der Waals surface area contributed by atoms with Gasteiger partial charge in [-0.3, -0.25) is 4.42 Å². The first-order chi connectivity index (χ1) is 5.70. The summed E-state index contributed by atoms with van der Waals surface area (Å²) < 4.78 is 1.52. The lowest BCUT2D eigenvalue weighted by molar-refractivity contribution is 0.660. The topological polar surface area (TPSA) is 3.24 Å². The van der Waals surface area contributed by atoms with Gasteiger partial charge in [-0.05, 0) is 5.56 Å². The van der Waals surface area contributed by atoms with Crippen LogP contribution in [0.3, 0.4) is 0 Å². The van der Waals surface area contributed by atoms with Gasteiger partial charge in [-0.2, -0.15) is 0 Å². The minimum Gasteiger partial charge on any atom is -0.293 e. The first kappa shape index (κ1) is 9.14. The maximum Gasteiger partial charge on any atom is 0.0266 e. The fourth-order valence-corrected chi connectivity index (χ4v) is 1.00. The zero-order valence-corrected chi connectivity index (χ0v) is 7.88. The van der Waals surface area contributed by atoms with Crippen molar-refractivity contribution in [3.63, 3.8) is 0 Å². The lowest BCUT2D eigenvalue weighted by Gasteiger charge is -2.11. The first-order valence-electron chi connectivity index (χ1n) is 3.81. The zero-order valence-electron chi connectivity index (χ0n) is 7.13. The van der Waals surface area contributed by atoms with Crippen LogP contribution in [0.4, 0.5) is 0 Å². The molecule has 1 aromatic carbocycles. The van der Waals surface area contributed by atoms with Gasteiger partial charge in [0.05, 0.1) is 0 Å². The second kappa shape index (κ2) is 4.17. The minimum atomic E-state index is 0.806. The summed E-state index contributed by atoms with van der Waals surface area (Å²) in [4.78, 5) is 0. The van der Waals surface area contributed by atoms with Crippen LogP contribution in [-0.2, 0) is 6.42 Å². The summed E-state index contributed by atoms with van der Waals surface area (Å²) in [7, 11) is 1.78. The lowest BCUT2D eigenvalue weighted by atomic mass is 10.1. The zero-order chi connectivity index (χ0) is 8.97. The standard InChI is InChI=1S/C10H12ClN/c1-9(12(2)11)8-10-6-4-3-5-7-10/h3-7H,1,8H2,2H3. The highest BCUT2D eigenvalue weighted by atomic mass is 35.5. The summed E-state index contributed by atoms with van der Waals surface area (Å²) in [6, 6.07) is 10.1. The molecular formula is C10H12ClN. The number of hydrogen-bond acceptors (Lipinski definition) is 1. The van der Waals surface area contributed by atoms with E-state index in [-0.39, 0.29) is 0 Å². The Morgan fingerprint density at radius 2 is 2.00 bits per heavy atom. The summed E-state index contributed by atoms with van der Waals surface area (Å²) in [6.07, 6.45) is 0.806. The molecule has 0 aromatic heterocycles. The van der Waals surface area contributed by atoms with E-state index in [4.69, 9.17) is 11.8 Å². The molecule has 1 aromatic rings. The van der Waals surface area contributed by atoms with Gasteiger partial charge in [-0.1, -0.05) is 36.9 Å². The molecule has 2 heteroatoms. The van der Waals surface area contributed by atoms with Crippen molar-refractivity contribution < 1.29 is 0 Å². The van der Waals surface area contributed by atoms with Crippen LogP contribution in [-0.4, -0.2) is 11.5 Å². The van der Waals surface area contributed by atoms with E-state index in [0.29, 0.717) is 0 Å². The first-order valence-corrected chi connectivity index (χ1v) is 4.15. The van der Waals surface area contributed by atoms with Gasteiger partial charge in [0, 0.05) is 30.9 Å². The molecule has 0 bridgehead atoms. The highest BCUT2D eigenvalue weighted by molar-refractivity contribution is 6.14. The SMILES string of the molecule is C=C(Cc1ccccc1)N(C)Cl. The molecule has 0 radical (unpaired) electrons. The van der Waals surface area contributed by atoms with Crippen molar-refractivity contribution in [2.24, 2.45) is 0 Å². The Hall–Kier alpha value is -0.950. The van der Waals surface area contributed by atoms with Crippen molar-refractivity contribution in [3.8, 4) is 0 Å². The Morgan fingerprint density at radius 1 is 1.42 bits per heavy atom. The molecule has 0 saturated heterocycles. The quantitative estimate of drug-likeness (QED) is 0.649. The summed E-state index contributed by atoms with van der Waals surface area (Å²) in [5.74, 6) is 0. The highest BCUT2D eigenvalue weighted by Crippen LogP contribution is 2.10. The number of hydrogen-bond donors (Lipinski definition) is 0. The van der Waals surface area contributed by atoms with Crippen LogP contribution in [0.2, 0.25) is 0 Å². The van der Waals surface area contributed by atoms with Gasteiger partial charge in [0.15, 0.2) is 0 Å². The number of nitrogens with zero attached hydrogens (tertiary/aromatic N) is 1. The summed E-state index contributed by atoms with van der Waals surface area (Å²) >= 11 is 5.71. The Morgan fingerprint density at radius 3 is 2.50 bits per heavy atom. The Balaban J connectivity index is 2.59. The van der Waals surface area contributed by atoms with Gasteiger partial charge in [-0.15, -0.1) is 0 Å². The van der Waals surface area contributed by atoms with Crippen LogP contribution in [0, 0.1) is 0 Å². The molecule has 0 aliphatic heterocycles. The third kappa shape index (κ3) is 2.59. The predicted octanol–water partition coefficient (Wildman–Crippen LogP) is 2.83. The molecule has 0 N–H and O–H groups in total. The highest BCUT2D eigenvalue weighted by Gasteiger charge is 1.98. The smallest absolute Gasteiger partial charge is 0.0266 e. The molecule has 0 fully saturated rings. The lowest BCUT2D eigenvalue weighted by Crippen LogP contribution is -2.05. The van der Waals surface area contributed by atoms with Crippen molar-refractivity contribution in [2.45, 2.75) is 6.42 Å². The van der Waals surface area contributed by atoms with E-state index < -0.39 is 0 Å². The fourth-order valence-electron chi connectivity index (χ4n) is 0.940. The van der Waals surface area contributed by atoms with E-state index in [9.17, 15) is 0 Å². The normalized spacial score (nSPS) is 9.50. The molecule has 0 saturated carbocycles. The van der Waals surface area contributed by atoms with E-state index in [1.165, 1.54) is 9.98 Å². The maximum absolute atomic E-state index is 5.71. The van der Waals surface area contributed by atoms with Crippen molar-refractivity contribution in [1.29, 1.82) is 0 Å². The third-order valence-corrected chi connectivity index (χ3v) is 1.93.